The third-order valence-corrected chi connectivity index (χ3v) is 5.99. The van der Waals surface area contributed by atoms with E-state index in [0.29, 0.717) is 18.8 Å². The number of aromatic nitrogens is 1. The van der Waals surface area contributed by atoms with E-state index in [1.165, 1.54) is 10.5 Å². The van der Waals surface area contributed by atoms with Crippen molar-refractivity contribution < 1.29 is 9.59 Å². The summed E-state index contributed by atoms with van der Waals surface area (Å²) < 4.78 is 0. The molecule has 0 fully saturated rings. The second-order valence-corrected chi connectivity index (χ2v) is 8.20. The summed E-state index contributed by atoms with van der Waals surface area (Å²) in [5.74, 6) is 0.682. The molecule has 0 saturated carbocycles. The summed E-state index contributed by atoms with van der Waals surface area (Å²) in [4.78, 5) is 31.7. The van der Waals surface area contributed by atoms with Crippen molar-refractivity contribution >= 4 is 35.0 Å². The van der Waals surface area contributed by atoms with Crippen LogP contribution >= 0.6 is 11.3 Å². The van der Waals surface area contributed by atoms with E-state index in [0.717, 1.165) is 43.4 Å². The van der Waals surface area contributed by atoms with Crippen molar-refractivity contribution in [3.8, 4) is 0 Å². The number of carbonyl (C=O) groups is 2. The number of thiophene rings is 1. The molecular weight excluding hydrogens is 370 g/mol. The molecule has 2 aliphatic rings. The van der Waals surface area contributed by atoms with Crippen molar-refractivity contribution in [1.82, 2.24) is 9.88 Å². The van der Waals surface area contributed by atoms with Crippen molar-refractivity contribution in [2.24, 2.45) is 0 Å². The van der Waals surface area contributed by atoms with Crippen LogP contribution in [0.15, 0.2) is 47.5 Å². The highest BCUT2D eigenvalue weighted by Gasteiger charge is 2.16. The number of hydrogen-bond donors (Lipinski definition) is 1. The molecule has 2 amide bonds. The minimum atomic E-state index is 0.0151. The van der Waals surface area contributed by atoms with Crippen molar-refractivity contribution in [3.63, 3.8) is 0 Å². The van der Waals surface area contributed by atoms with Gasteiger partial charge in [0, 0.05) is 43.1 Å². The number of nitrogens with zero attached hydrogens (tertiary/aromatic N) is 2. The maximum absolute atomic E-state index is 12.5. The molecule has 0 aliphatic carbocycles. The molecule has 2 aromatic rings. The van der Waals surface area contributed by atoms with Crippen LogP contribution < -0.4 is 5.32 Å². The fourth-order valence-corrected chi connectivity index (χ4v) is 4.30. The summed E-state index contributed by atoms with van der Waals surface area (Å²) in [5, 5.41) is 4.93. The Labute approximate surface area is 168 Å². The molecule has 2 aromatic heterocycles. The quantitative estimate of drug-likeness (QED) is 0.634. The molecule has 144 valence electrons. The monoisotopic (exact) mass is 393 g/mol. The van der Waals surface area contributed by atoms with E-state index < -0.39 is 0 Å². The molecule has 6 heteroatoms. The van der Waals surface area contributed by atoms with E-state index in [2.05, 4.69) is 33.9 Å². The van der Waals surface area contributed by atoms with Crippen LogP contribution in [0.25, 0.3) is 6.08 Å². The zero-order valence-corrected chi connectivity index (χ0v) is 16.5. The number of anilines is 1. The molecule has 5 nitrogen and oxygen atoms in total. The third kappa shape index (κ3) is 4.57. The van der Waals surface area contributed by atoms with Crippen LogP contribution in [0.1, 0.15) is 35.3 Å². The van der Waals surface area contributed by atoms with Gasteiger partial charge < -0.3 is 10.2 Å². The van der Waals surface area contributed by atoms with Crippen molar-refractivity contribution in [1.29, 1.82) is 0 Å². The smallest absolute Gasteiger partial charge is 0.246 e. The number of fused-ring (bicyclic) bond motifs is 1. The average molecular weight is 394 g/mol. The fraction of sp³-hybridized carbons (Fsp3) is 0.318. The van der Waals surface area contributed by atoms with Gasteiger partial charge in [-0.25, -0.2) is 4.98 Å². The molecule has 28 heavy (non-hydrogen) atoms. The average Bonchev–Trinajstić information content (AvgIpc) is 3.14. The van der Waals surface area contributed by atoms with E-state index in [1.807, 2.05) is 17.0 Å². The second kappa shape index (κ2) is 8.52. The molecule has 1 N–H and O–H groups in total. The van der Waals surface area contributed by atoms with Gasteiger partial charge in [0.15, 0.2) is 0 Å². The highest BCUT2D eigenvalue weighted by Crippen LogP contribution is 2.22. The first kappa shape index (κ1) is 18.6. The van der Waals surface area contributed by atoms with Gasteiger partial charge >= 0.3 is 0 Å². The lowest BCUT2D eigenvalue weighted by atomic mass is 10.0. The fourth-order valence-electron chi connectivity index (χ4n) is 3.54. The molecule has 2 aliphatic heterocycles. The number of rotatable bonds is 4. The number of pyridine rings is 1. The van der Waals surface area contributed by atoms with E-state index >= 15 is 0 Å². The predicted octanol–water partition coefficient (Wildman–Crippen LogP) is 3.83. The van der Waals surface area contributed by atoms with Gasteiger partial charge in [0.1, 0.15) is 5.82 Å². The third-order valence-electron chi connectivity index (χ3n) is 5.11. The zero-order chi connectivity index (χ0) is 19.3. The Morgan fingerprint density at radius 2 is 2.25 bits per heavy atom. The Hall–Kier alpha value is -2.73. The number of aryl methyl sites for hydroxylation is 1. The van der Waals surface area contributed by atoms with Gasteiger partial charge in [-0.2, -0.15) is 0 Å². The highest BCUT2D eigenvalue weighted by atomic mass is 32.1. The van der Waals surface area contributed by atoms with Crippen LogP contribution in [-0.4, -0.2) is 34.8 Å². The summed E-state index contributed by atoms with van der Waals surface area (Å²) in [6.07, 6.45) is 11.4. The molecule has 0 bridgehead atoms. The van der Waals surface area contributed by atoms with Gasteiger partial charge in [-0.1, -0.05) is 17.7 Å². The number of nitrogens with one attached hydrogen (secondary N) is 1. The van der Waals surface area contributed by atoms with Gasteiger partial charge in [0.2, 0.25) is 11.8 Å². The summed E-state index contributed by atoms with van der Waals surface area (Å²) in [5.41, 5.74) is 3.32. The topological polar surface area (TPSA) is 62.3 Å². The van der Waals surface area contributed by atoms with E-state index in [1.54, 1.807) is 23.6 Å². The summed E-state index contributed by atoms with van der Waals surface area (Å²) in [6, 6.07) is 6.24. The van der Waals surface area contributed by atoms with Gasteiger partial charge in [0.05, 0.1) is 0 Å². The lowest BCUT2D eigenvalue weighted by molar-refractivity contribution is -0.125. The summed E-state index contributed by atoms with van der Waals surface area (Å²) in [7, 11) is 0. The molecule has 0 spiro atoms. The Morgan fingerprint density at radius 3 is 3.04 bits per heavy atom. The number of hydrogen-bond acceptors (Lipinski definition) is 4. The molecular formula is C22H23N3O2S. The molecule has 0 radical (unpaired) electrons. The maximum atomic E-state index is 12.5. The summed E-state index contributed by atoms with van der Waals surface area (Å²) >= 11 is 1.78. The standard InChI is InChI=1S/C22H23N3O2S/c26-20-5-1-3-18-13-17(15-23-22(18)24-20)6-7-21(27)25-10-8-16(9-11-25)14-19-4-2-12-28-19/h2,4,6-8,12-13,15H,1,3,5,9-11,14H2,(H,23,24,26)/b7-6+. The van der Waals surface area contributed by atoms with Crippen LogP contribution in [0.2, 0.25) is 0 Å². The van der Waals surface area contributed by atoms with E-state index in [4.69, 9.17) is 0 Å². The molecule has 0 atom stereocenters. The minimum Gasteiger partial charge on any atom is -0.335 e. The van der Waals surface area contributed by atoms with Gasteiger partial charge in [-0.05, 0) is 54.0 Å². The normalized spacial score (nSPS) is 17.1. The highest BCUT2D eigenvalue weighted by molar-refractivity contribution is 7.09. The largest absolute Gasteiger partial charge is 0.335 e. The maximum Gasteiger partial charge on any atom is 0.246 e. The number of carbonyl (C=O) groups excluding carboxylic acids is 2. The predicted molar refractivity (Wildman–Crippen MR) is 112 cm³/mol. The van der Waals surface area contributed by atoms with Crippen LogP contribution in [0, 0.1) is 0 Å². The first-order valence-electron chi connectivity index (χ1n) is 9.63. The SMILES string of the molecule is O=C1CCCc2cc(/C=C/C(=O)N3CC=C(Cc4cccs4)CC3)cnc2N1. The minimum absolute atomic E-state index is 0.0151. The van der Waals surface area contributed by atoms with Crippen molar-refractivity contribution in [2.45, 2.75) is 32.1 Å². The van der Waals surface area contributed by atoms with Gasteiger partial charge in [-0.3, -0.25) is 9.59 Å². The van der Waals surface area contributed by atoms with E-state index in [9.17, 15) is 9.59 Å². The first-order chi connectivity index (χ1) is 13.7. The van der Waals surface area contributed by atoms with Crippen LogP contribution in [0.3, 0.4) is 0 Å². The lowest BCUT2D eigenvalue weighted by Gasteiger charge is -2.25. The van der Waals surface area contributed by atoms with Gasteiger partial charge in [-0.15, -0.1) is 11.3 Å². The van der Waals surface area contributed by atoms with Crippen LogP contribution in [0.5, 0.6) is 0 Å². The Kier molecular flexibility index (Phi) is 5.67. The zero-order valence-electron chi connectivity index (χ0n) is 15.7. The van der Waals surface area contributed by atoms with E-state index in [-0.39, 0.29) is 11.8 Å². The Bertz CT molecular complexity index is 931. The Balaban J connectivity index is 1.36. The van der Waals surface area contributed by atoms with Crippen LogP contribution in [0.4, 0.5) is 5.82 Å². The van der Waals surface area contributed by atoms with Crippen molar-refractivity contribution in [3.05, 3.63) is 63.5 Å². The van der Waals surface area contributed by atoms with Crippen LogP contribution in [-0.2, 0) is 22.4 Å². The lowest BCUT2D eigenvalue weighted by Crippen LogP contribution is -2.33. The second-order valence-electron chi connectivity index (χ2n) is 7.16. The molecule has 0 aromatic carbocycles. The molecule has 4 rings (SSSR count). The Morgan fingerprint density at radius 1 is 1.32 bits per heavy atom. The molecule has 0 unspecified atom stereocenters. The number of amides is 2. The molecule has 0 saturated heterocycles. The van der Waals surface area contributed by atoms with Crippen molar-refractivity contribution in [2.75, 3.05) is 18.4 Å². The van der Waals surface area contributed by atoms with Gasteiger partial charge in [0.25, 0.3) is 0 Å². The first-order valence-corrected chi connectivity index (χ1v) is 10.5. The molecule has 4 heterocycles. The summed E-state index contributed by atoms with van der Waals surface area (Å²) in [6.45, 7) is 1.42.